The fraction of sp³-hybridized carbons (Fsp3) is 0.418. The molecule has 3 aromatic carbocycles. The van der Waals surface area contributed by atoms with E-state index >= 15 is 13.2 Å². The summed E-state index contributed by atoms with van der Waals surface area (Å²) in [5.41, 5.74) is 4.79. The minimum atomic E-state index is -1.63. The fourth-order valence-electron chi connectivity index (χ4n) is 9.80. The van der Waals surface area contributed by atoms with E-state index in [-0.39, 0.29) is 75.1 Å². The Labute approximate surface area is 432 Å². The molecule has 0 spiro atoms. The number of benzene rings is 3. The Morgan fingerprint density at radius 3 is 2.43 bits per heavy atom. The number of thiazole rings is 1. The number of aryl methyl sites for hydroxylation is 1. The molecule has 4 amide bonds. The van der Waals surface area contributed by atoms with Crippen LogP contribution in [-0.2, 0) is 38.6 Å². The quantitative estimate of drug-likeness (QED) is 0.0431. The summed E-state index contributed by atoms with van der Waals surface area (Å²) in [5.74, 6) is -3.58. The van der Waals surface area contributed by atoms with E-state index in [1.165, 1.54) is 60.1 Å². The number of likely N-dealkylation sites (tertiary alicyclic amines) is 1. The lowest BCUT2D eigenvalue weighted by Crippen LogP contribution is -2.57. The molecule has 1 saturated heterocycles. The average Bonchev–Trinajstić information content (AvgIpc) is 4.17. The first-order valence-electron chi connectivity index (χ1n) is 24.8. The number of aromatic nitrogens is 4. The van der Waals surface area contributed by atoms with Gasteiger partial charge in [-0.3, -0.25) is 28.8 Å². The first-order valence-corrected chi connectivity index (χ1v) is 25.7. The third-order valence-electron chi connectivity index (χ3n) is 13.5. The number of nitrogens with one attached hydrogen (secondary N) is 4. The molecule has 5 N–H and O–H groups in total. The van der Waals surface area contributed by atoms with Crippen molar-refractivity contribution < 1.29 is 42.2 Å². The Kier molecular flexibility index (Phi) is 16.3. The van der Waals surface area contributed by atoms with Crippen LogP contribution in [0.15, 0.2) is 84.6 Å². The number of alkyl halides is 1. The van der Waals surface area contributed by atoms with Crippen molar-refractivity contribution in [2.24, 2.45) is 5.41 Å². The van der Waals surface area contributed by atoms with Gasteiger partial charge in [-0.1, -0.05) is 63.2 Å². The van der Waals surface area contributed by atoms with Crippen molar-refractivity contribution in [3.05, 3.63) is 135 Å². The van der Waals surface area contributed by atoms with E-state index in [1.54, 1.807) is 42.5 Å². The molecule has 5 heterocycles. The van der Waals surface area contributed by atoms with Gasteiger partial charge in [-0.05, 0) is 86.1 Å². The SMILES string of the molecule is Cc1ncsc1-c1ccc(CNC(=O)[C@@H]2C[C@@H](O)CN2C(=O)[C@@H](NC(=O)c2cnn(CCOCCNC(=O)/C=C/c3cc(F)c([C@@H]4c5[nH]c6ccccc6c5C[C@@H](C)N4CC(C)(C)F)c(F)c3)c2)C(C)(C)C)cc1. The van der Waals surface area contributed by atoms with Gasteiger partial charge in [-0.2, -0.15) is 5.10 Å². The number of halogens is 3. The number of carbonyl (C=O) groups is 4. The highest BCUT2D eigenvalue weighted by Gasteiger charge is 2.45. The highest BCUT2D eigenvalue weighted by Crippen LogP contribution is 2.43. The predicted molar refractivity (Wildman–Crippen MR) is 278 cm³/mol. The molecule has 3 aromatic heterocycles. The number of para-hydroxylation sites is 1. The van der Waals surface area contributed by atoms with E-state index in [9.17, 15) is 24.3 Å². The highest BCUT2D eigenvalue weighted by atomic mass is 32.1. The Bertz CT molecular complexity index is 3010. The summed E-state index contributed by atoms with van der Waals surface area (Å²) in [5, 5.41) is 24.3. The number of H-pyrrole nitrogens is 1. The number of amides is 4. The number of aliphatic hydroxyl groups is 1. The Morgan fingerprint density at radius 2 is 1.74 bits per heavy atom. The minimum Gasteiger partial charge on any atom is -0.391 e. The monoisotopic (exact) mass is 1040 g/mol. The molecule has 2 aliphatic rings. The first kappa shape index (κ1) is 53.6. The third-order valence-corrected chi connectivity index (χ3v) is 14.4. The van der Waals surface area contributed by atoms with E-state index < -0.39 is 70.6 Å². The van der Waals surface area contributed by atoms with E-state index in [1.807, 2.05) is 62.4 Å². The molecule has 0 aliphatic carbocycles. The van der Waals surface area contributed by atoms with Crippen molar-refractivity contribution in [1.82, 2.24) is 45.5 Å². The van der Waals surface area contributed by atoms with Crippen molar-refractivity contribution in [2.75, 3.05) is 32.8 Å². The molecule has 0 unspecified atom stereocenters. The molecule has 6 aromatic rings. The summed E-state index contributed by atoms with van der Waals surface area (Å²) >= 11 is 1.56. The third kappa shape index (κ3) is 12.5. The first-order chi connectivity index (χ1) is 35.1. The zero-order chi connectivity index (χ0) is 53.1. The highest BCUT2D eigenvalue weighted by molar-refractivity contribution is 7.13. The van der Waals surface area contributed by atoms with Crippen LogP contribution < -0.4 is 16.0 Å². The van der Waals surface area contributed by atoms with Crippen LogP contribution in [0.2, 0.25) is 0 Å². The lowest BCUT2D eigenvalue weighted by molar-refractivity contribution is -0.142. The second-order valence-corrected chi connectivity index (χ2v) is 21.7. The molecule has 8 rings (SSSR count). The summed E-state index contributed by atoms with van der Waals surface area (Å²) < 4.78 is 54.6. The van der Waals surface area contributed by atoms with Gasteiger partial charge in [0.1, 0.15) is 29.4 Å². The van der Waals surface area contributed by atoms with E-state index in [2.05, 4.69) is 31.0 Å². The molecule has 5 atom stereocenters. The van der Waals surface area contributed by atoms with Gasteiger partial charge in [0.2, 0.25) is 17.7 Å². The second-order valence-electron chi connectivity index (χ2n) is 20.9. The predicted octanol–water partition coefficient (Wildman–Crippen LogP) is 7.43. The van der Waals surface area contributed by atoms with Gasteiger partial charge < -0.3 is 35.7 Å². The van der Waals surface area contributed by atoms with Crippen LogP contribution in [-0.4, -0.2) is 121 Å². The lowest BCUT2D eigenvalue weighted by Gasteiger charge is -2.43. The summed E-state index contributed by atoms with van der Waals surface area (Å²) in [6, 6.07) is 14.7. The van der Waals surface area contributed by atoms with Crippen molar-refractivity contribution >= 4 is 51.9 Å². The Balaban J connectivity index is 0.798. The van der Waals surface area contributed by atoms with Crippen LogP contribution in [0.1, 0.15) is 98.0 Å². The smallest absolute Gasteiger partial charge is 0.255 e. The second kappa shape index (κ2) is 22.4. The molecule has 19 heteroatoms. The van der Waals surface area contributed by atoms with Crippen molar-refractivity contribution in [3.63, 3.8) is 0 Å². The molecular formula is C55H64F3N9O6S. The van der Waals surface area contributed by atoms with Crippen LogP contribution in [0.3, 0.4) is 0 Å². The molecule has 74 heavy (non-hydrogen) atoms. The average molecular weight is 1040 g/mol. The van der Waals surface area contributed by atoms with Gasteiger partial charge in [0.25, 0.3) is 5.91 Å². The number of carbonyl (C=O) groups excluding carboxylic acids is 4. The summed E-state index contributed by atoms with van der Waals surface area (Å²) in [6.07, 6.45) is 5.11. The summed E-state index contributed by atoms with van der Waals surface area (Å²) in [7, 11) is 0. The Morgan fingerprint density at radius 1 is 1.01 bits per heavy atom. The summed E-state index contributed by atoms with van der Waals surface area (Å²) in [4.78, 5) is 65.8. The lowest BCUT2D eigenvalue weighted by atomic mass is 9.85. The van der Waals surface area contributed by atoms with Gasteiger partial charge in [0.15, 0.2) is 0 Å². The van der Waals surface area contributed by atoms with E-state index in [0.717, 1.165) is 38.2 Å². The van der Waals surface area contributed by atoms with Crippen molar-refractivity contribution in [2.45, 2.75) is 110 Å². The van der Waals surface area contributed by atoms with E-state index in [4.69, 9.17) is 4.74 Å². The van der Waals surface area contributed by atoms with Crippen LogP contribution in [0.25, 0.3) is 27.4 Å². The normalized spacial score (nSPS) is 18.7. The number of ether oxygens (including phenoxy) is 1. The maximum absolute atomic E-state index is 16.1. The van der Waals surface area contributed by atoms with Crippen molar-refractivity contribution in [1.29, 1.82) is 0 Å². The summed E-state index contributed by atoms with van der Waals surface area (Å²) in [6.45, 7) is 13.0. The molecular weight excluding hydrogens is 972 g/mol. The Hall–Kier alpha value is -6.67. The number of hydrogen-bond donors (Lipinski definition) is 5. The molecule has 0 saturated carbocycles. The van der Waals surface area contributed by atoms with Gasteiger partial charge in [-0.15, -0.1) is 11.3 Å². The zero-order valence-corrected chi connectivity index (χ0v) is 43.5. The number of β-amino-alcohol motifs (C(OH)–C–C–N with tert-alkyl or cyclic N) is 1. The number of rotatable bonds is 18. The number of nitrogens with zero attached hydrogens (tertiary/aromatic N) is 5. The van der Waals surface area contributed by atoms with Crippen LogP contribution in [0.5, 0.6) is 0 Å². The van der Waals surface area contributed by atoms with Crippen LogP contribution in [0.4, 0.5) is 13.2 Å². The van der Waals surface area contributed by atoms with Crippen molar-refractivity contribution in [3.8, 4) is 10.4 Å². The molecule has 15 nitrogen and oxygen atoms in total. The minimum absolute atomic E-state index is 0.0454. The molecule has 2 aliphatic heterocycles. The van der Waals surface area contributed by atoms with E-state index in [0.29, 0.717) is 12.1 Å². The standard InChI is InChI=1S/C55H64F3N9O6S/c1-32-22-40-39-10-8-9-11-43(39)63-47(40)48(67(32)30-55(6,7)58)46-41(56)23-35(24-42(46)57)14-17-45(69)59-18-20-73-21-19-65-28-37(27-62-65)51(70)64-50(54(3,4)5)53(72)66-29-38(68)25-44(66)52(71)60-26-34-12-15-36(16-13-34)49-33(2)61-31-74-49/h8-17,23-24,27-28,31-32,38,44,48,50,63,68H,18-22,25-26,29-30H2,1-7H3,(H,59,69)(H,60,71)(H,64,70)/b17-14+/t32-,38-,44+,48-,50-/m1/s1. The molecule has 0 bridgehead atoms. The van der Waals surface area contributed by atoms with Gasteiger partial charge in [0, 0.05) is 73.1 Å². The number of fused-ring (bicyclic) bond motifs is 3. The number of aliphatic hydroxyl groups excluding tert-OH is 1. The maximum atomic E-state index is 16.1. The van der Waals surface area contributed by atoms with Crippen LogP contribution in [0, 0.1) is 24.0 Å². The van der Waals surface area contributed by atoms with Crippen LogP contribution >= 0.6 is 11.3 Å². The topological polar surface area (TPSA) is 187 Å². The largest absolute Gasteiger partial charge is 0.391 e. The number of aromatic amines is 1. The zero-order valence-electron chi connectivity index (χ0n) is 42.7. The van der Waals surface area contributed by atoms with Gasteiger partial charge >= 0.3 is 0 Å². The molecule has 0 radical (unpaired) electrons. The molecule has 1 fully saturated rings. The maximum Gasteiger partial charge on any atom is 0.255 e. The molecule has 392 valence electrons. The van der Waals surface area contributed by atoms with Gasteiger partial charge in [0.05, 0.1) is 59.7 Å². The number of hydrogen-bond acceptors (Lipinski definition) is 10. The van der Waals surface area contributed by atoms with Gasteiger partial charge in [-0.25, -0.2) is 18.2 Å². The fourth-order valence-corrected chi connectivity index (χ4v) is 10.6.